The van der Waals surface area contributed by atoms with E-state index in [1.54, 1.807) is 28.8 Å². The number of aromatic amines is 1. The second-order valence-electron chi connectivity index (χ2n) is 5.92. The van der Waals surface area contributed by atoms with Gasteiger partial charge in [0.15, 0.2) is 10.9 Å². The average Bonchev–Trinajstić information content (AvgIpc) is 2.97. The molecule has 2 rings (SSSR count). The lowest BCUT2D eigenvalue weighted by molar-refractivity contribution is -0.116. The summed E-state index contributed by atoms with van der Waals surface area (Å²) in [7, 11) is 0. The number of aromatic nitrogens is 3. The summed E-state index contributed by atoms with van der Waals surface area (Å²) in [6.45, 7) is 4.20. The number of rotatable bonds is 10. The van der Waals surface area contributed by atoms with Gasteiger partial charge < -0.3 is 5.32 Å². The van der Waals surface area contributed by atoms with Crippen molar-refractivity contribution >= 4 is 29.1 Å². The Kier molecular flexibility index (Phi) is 7.65. The zero-order chi connectivity index (χ0) is 18.9. The average molecular weight is 376 g/mol. The minimum atomic E-state index is -0.195. The first-order valence-corrected chi connectivity index (χ1v) is 9.69. The summed E-state index contributed by atoms with van der Waals surface area (Å²) in [5.41, 5.74) is 0.851. The molecule has 1 heterocycles. The minimum absolute atomic E-state index is 0.0833. The van der Waals surface area contributed by atoms with Gasteiger partial charge in [-0.2, -0.15) is 0 Å². The molecule has 0 atom stereocenters. The van der Waals surface area contributed by atoms with Gasteiger partial charge in [-0.3, -0.25) is 14.2 Å². The number of carbonyl (C=O) groups is 2. The third-order valence-corrected chi connectivity index (χ3v) is 4.88. The Morgan fingerprint density at radius 2 is 2.04 bits per heavy atom. The number of thioether (sulfide) groups is 1. The number of amides is 1. The molecule has 0 spiro atoms. The molecule has 0 radical (unpaired) electrons. The van der Waals surface area contributed by atoms with Crippen molar-refractivity contribution in [2.45, 2.75) is 51.2 Å². The number of hydrogen-bond acceptors (Lipinski definition) is 5. The van der Waals surface area contributed by atoms with E-state index >= 15 is 0 Å². The number of unbranched alkanes of at least 4 members (excludes halogenated alkanes) is 1. The number of benzene rings is 1. The van der Waals surface area contributed by atoms with Crippen LogP contribution in [0.15, 0.2) is 34.2 Å². The van der Waals surface area contributed by atoms with Crippen LogP contribution in [0.5, 0.6) is 0 Å². The summed E-state index contributed by atoms with van der Waals surface area (Å²) in [5.74, 6) is 0.461. The molecule has 1 aromatic heterocycles. The molecule has 7 nitrogen and oxygen atoms in total. The molecule has 0 aliphatic rings. The van der Waals surface area contributed by atoms with Crippen molar-refractivity contribution in [2.75, 3.05) is 11.1 Å². The molecule has 2 N–H and O–H groups in total. The molecular formula is C18H24N4O3S. The highest BCUT2D eigenvalue weighted by molar-refractivity contribution is 7.99. The van der Waals surface area contributed by atoms with E-state index in [0.29, 0.717) is 41.5 Å². The van der Waals surface area contributed by atoms with Gasteiger partial charge in [-0.1, -0.05) is 37.2 Å². The van der Waals surface area contributed by atoms with Crippen molar-refractivity contribution in [3.05, 3.63) is 40.3 Å². The highest BCUT2D eigenvalue weighted by atomic mass is 32.2. The lowest BCUT2D eigenvalue weighted by atomic mass is 10.1. The van der Waals surface area contributed by atoms with Crippen molar-refractivity contribution in [1.29, 1.82) is 0 Å². The van der Waals surface area contributed by atoms with Gasteiger partial charge in [0.2, 0.25) is 5.91 Å². The standard InChI is InChI=1S/C18H24N4O3S/c1-3-4-11-22-17(25)20-21-18(22)26-12-7-10-16(24)19-15-9-6-5-8-14(15)13(2)23/h5-6,8-9H,3-4,7,10-12H2,1-2H3,(H,19,24)(H,20,25). The number of nitrogens with one attached hydrogen (secondary N) is 2. The van der Waals surface area contributed by atoms with E-state index in [2.05, 4.69) is 22.4 Å². The molecule has 0 fully saturated rings. The predicted molar refractivity (Wildman–Crippen MR) is 103 cm³/mol. The molecule has 0 aliphatic heterocycles. The highest BCUT2D eigenvalue weighted by Gasteiger charge is 2.11. The predicted octanol–water partition coefficient (Wildman–Crippen LogP) is 3.09. The Labute approximate surface area is 156 Å². The van der Waals surface area contributed by atoms with Crippen LogP contribution in [0.4, 0.5) is 5.69 Å². The van der Waals surface area contributed by atoms with E-state index in [1.165, 1.54) is 18.7 Å². The van der Waals surface area contributed by atoms with Crippen LogP contribution in [0, 0.1) is 0 Å². The second-order valence-corrected chi connectivity index (χ2v) is 6.98. The number of anilines is 1. The van der Waals surface area contributed by atoms with Crippen molar-refractivity contribution in [1.82, 2.24) is 14.8 Å². The fourth-order valence-corrected chi connectivity index (χ4v) is 3.35. The van der Waals surface area contributed by atoms with E-state index in [-0.39, 0.29) is 17.4 Å². The first-order chi connectivity index (χ1) is 12.5. The summed E-state index contributed by atoms with van der Waals surface area (Å²) in [6, 6.07) is 6.97. The molecule has 0 saturated heterocycles. The fourth-order valence-electron chi connectivity index (χ4n) is 2.43. The van der Waals surface area contributed by atoms with Crippen LogP contribution in [0.25, 0.3) is 0 Å². The molecule has 0 saturated carbocycles. The van der Waals surface area contributed by atoms with E-state index < -0.39 is 0 Å². The summed E-state index contributed by atoms with van der Waals surface area (Å²) in [5, 5.41) is 9.95. The minimum Gasteiger partial charge on any atom is -0.325 e. The van der Waals surface area contributed by atoms with Gasteiger partial charge in [0, 0.05) is 24.3 Å². The maximum absolute atomic E-state index is 12.1. The molecule has 140 valence electrons. The van der Waals surface area contributed by atoms with Crippen LogP contribution in [0.2, 0.25) is 0 Å². The molecule has 2 aromatic rings. The molecule has 8 heteroatoms. The topological polar surface area (TPSA) is 96.8 Å². The quantitative estimate of drug-likeness (QED) is 0.377. The largest absolute Gasteiger partial charge is 0.343 e. The van der Waals surface area contributed by atoms with Crippen molar-refractivity contribution in [2.24, 2.45) is 0 Å². The van der Waals surface area contributed by atoms with Crippen LogP contribution in [0.1, 0.15) is 49.9 Å². The van der Waals surface area contributed by atoms with Crippen LogP contribution in [-0.2, 0) is 11.3 Å². The van der Waals surface area contributed by atoms with Crippen LogP contribution in [0.3, 0.4) is 0 Å². The number of ketones is 1. The zero-order valence-electron chi connectivity index (χ0n) is 15.1. The lowest BCUT2D eigenvalue weighted by Crippen LogP contribution is -2.17. The number of hydrogen-bond donors (Lipinski definition) is 2. The Bertz CT molecular complexity index is 813. The molecule has 0 bridgehead atoms. The van der Waals surface area contributed by atoms with E-state index in [0.717, 1.165) is 12.8 Å². The van der Waals surface area contributed by atoms with Crippen molar-refractivity contribution in [3.63, 3.8) is 0 Å². The van der Waals surface area contributed by atoms with Gasteiger partial charge >= 0.3 is 5.69 Å². The fraction of sp³-hybridized carbons (Fsp3) is 0.444. The van der Waals surface area contributed by atoms with Gasteiger partial charge in [-0.25, -0.2) is 9.89 Å². The molecule has 0 unspecified atom stereocenters. The van der Waals surface area contributed by atoms with E-state index in [9.17, 15) is 14.4 Å². The van der Waals surface area contributed by atoms with Crippen molar-refractivity contribution < 1.29 is 9.59 Å². The molecular weight excluding hydrogens is 352 g/mol. The van der Waals surface area contributed by atoms with E-state index in [4.69, 9.17) is 0 Å². The lowest BCUT2D eigenvalue weighted by Gasteiger charge is -2.09. The molecule has 1 aromatic carbocycles. The number of carbonyl (C=O) groups excluding carboxylic acids is 2. The second kappa shape index (κ2) is 9.96. The molecule has 26 heavy (non-hydrogen) atoms. The maximum atomic E-state index is 12.1. The Balaban J connectivity index is 1.81. The first-order valence-electron chi connectivity index (χ1n) is 8.70. The third-order valence-electron chi connectivity index (χ3n) is 3.82. The van der Waals surface area contributed by atoms with Crippen LogP contribution >= 0.6 is 11.8 Å². The summed E-state index contributed by atoms with van der Waals surface area (Å²) in [6.07, 6.45) is 2.91. The van der Waals surface area contributed by atoms with Crippen LogP contribution < -0.4 is 11.0 Å². The number of para-hydroxylation sites is 1. The normalized spacial score (nSPS) is 10.7. The summed E-state index contributed by atoms with van der Waals surface area (Å²) in [4.78, 5) is 35.4. The maximum Gasteiger partial charge on any atom is 0.343 e. The first kappa shape index (κ1) is 20.0. The summed E-state index contributed by atoms with van der Waals surface area (Å²) >= 11 is 1.46. The Morgan fingerprint density at radius 3 is 2.77 bits per heavy atom. The zero-order valence-corrected chi connectivity index (χ0v) is 15.9. The van der Waals surface area contributed by atoms with Crippen molar-refractivity contribution in [3.8, 4) is 0 Å². The molecule has 1 amide bonds. The number of Topliss-reactive ketones (excluding diaryl/α,β-unsaturated/α-hetero) is 1. The van der Waals surface area contributed by atoms with E-state index in [1.807, 2.05) is 0 Å². The Morgan fingerprint density at radius 1 is 1.27 bits per heavy atom. The van der Waals surface area contributed by atoms with Gasteiger partial charge in [0.05, 0.1) is 5.69 Å². The Hall–Kier alpha value is -2.35. The van der Waals surface area contributed by atoms with Gasteiger partial charge in [-0.15, -0.1) is 5.10 Å². The SMILES string of the molecule is CCCCn1c(SCCCC(=O)Nc2ccccc2C(C)=O)n[nH]c1=O. The smallest absolute Gasteiger partial charge is 0.325 e. The molecule has 0 aliphatic carbocycles. The number of H-pyrrole nitrogens is 1. The monoisotopic (exact) mass is 376 g/mol. The third kappa shape index (κ3) is 5.59. The van der Waals surface area contributed by atoms with Gasteiger partial charge in [-0.05, 0) is 31.9 Å². The van der Waals surface area contributed by atoms with Gasteiger partial charge in [0.1, 0.15) is 0 Å². The number of nitrogens with zero attached hydrogens (tertiary/aromatic N) is 2. The van der Waals surface area contributed by atoms with Crippen LogP contribution in [-0.4, -0.2) is 32.2 Å². The summed E-state index contributed by atoms with van der Waals surface area (Å²) < 4.78 is 1.64. The van der Waals surface area contributed by atoms with Gasteiger partial charge in [0.25, 0.3) is 0 Å². The highest BCUT2D eigenvalue weighted by Crippen LogP contribution is 2.18.